The molecular formula is C17H18N5O+. The van der Waals surface area contributed by atoms with Crippen molar-refractivity contribution in [2.75, 3.05) is 5.73 Å². The molecule has 3 heterocycles. The Hall–Kier alpha value is -2.94. The molecule has 3 aromatic rings. The number of nitrogen functional groups attached to an aromatic ring is 1. The van der Waals surface area contributed by atoms with E-state index in [-0.39, 0.29) is 5.56 Å². The number of aryl methyl sites for hydroxylation is 1. The first-order valence-corrected chi connectivity index (χ1v) is 7.56. The van der Waals surface area contributed by atoms with Crippen molar-refractivity contribution in [2.45, 2.75) is 26.8 Å². The Kier molecular flexibility index (Phi) is 3.70. The van der Waals surface area contributed by atoms with Crippen LogP contribution in [0.5, 0.6) is 0 Å². The zero-order valence-electron chi connectivity index (χ0n) is 13.2. The first-order chi connectivity index (χ1) is 11.0. The predicted octanol–water partition coefficient (Wildman–Crippen LogP) is 1.64. The molecule has 3 rings (SSSR count). The zero-order valence-corrected chi connectivity index (χ0v) is 13.2. The molecule has 2 N–H and O–H groups in total. The van der Waals surface area contributed by atoms with E-state index in [1.165, 1.54) is 10.5 Å². The summed E-state index contributed by atoms with van der Waals surface area (Å²) < 4.78 is 3.26. The Balaban J connectivity index is 2.41. The normalized spacial score (nSPS) is 11.2. The van der Waals surface area contributed by atoms with Gasteiger partial charge in [0, 0.05) is 6.20 Å². The van der Waals surface area contributed by atoms with E-state index in [0.717, 1.165) is 6.42 Å². The lowest BCUT2D eigenvalue weighted by atomic mass is 10.1. The van der Waals surface area contributed by atoms with Crippen molar-refractivity contribution < 1.29 is 4.57 Å². The van der Waals surface area contributed by atoms with Crippen LogP contribution in [0.1, 0.15) is 25.8 Å². The smallest absolute Gasteiger partial charge is 0.278 e. The Morgan fingerprint density at radius 2 is 2.22 bits per heavy atom. The number of anilines is 1. The summed E-state index contributed by atoms with van der Waals surface area (Å²) in [6.45, 7) is 4.85. The minimum absolute atomic E-state index is 0.194. The number of nitriles is 1. The second-order valence-corrected chi connectivity index (χ2v) is 5.97. The molecule has 0 aliphatic heterocycles. The quantitative estimate of drug-likeness (QED) is 0.588. The third-order valence-electron chi connectivity index (χ3n) is 3.91. The summed E-state index contributed by atoms with van der Waals surface area (Å²) >= 11 is 0. The highest BCUT2D eigenvalue weighted by molar-refractivity contribution is 5.76. The summed E-state index contributed by atoms with van der Waals surface area (Å²) in [5.74, 6) is 0.831. The summed E-state index contributed by atoms with van der Waals surface area (Å²) in [5, 5.41) is 9.72. The molecule has 0 spiro atoms. The maximum Gasteiger partial charge on any atom is 0.278 e. The van der Waals surface area contributed by atoms with Crippen LogP contribution in [0, 0.1) is 17.2 Å². The van der Waals surface area contributed by atoms with Crippen LogP contribution in [0.15, 0.2) is 35.3 Å². The highest BCUT2D eigenvalue weighted by Crippen LogP contribution is 2.14. The van der Waals surface area contributed by atoms with E-state index >= 15 is 0 Å². The first-order valence-electron chi connectivity index (χ1n) is 7.56. The molecule has 6 heteroatoms. The molecule has 0 bridgehead atoms. The Bertz CT molecular complexity index is 998. The minimum Gasteiger partial charge on any atom is -0.317 e. The first kappa shape index (κ1) is 15.0. The number of hydrogen-bond donors (Lipinski definition) is 1. The molecule has 0 radical (unpaired) electrons. The van der Waals surface area contributed by atoms with Crippen molar-refractivity contribution in [1.82, 2.24) is 9.38 Å². The summed E-state index contributed by atoms with van der Waals surface area (Å²) in [4.78, 5) is 17.3. The van der Waals surface area contributed by atoms with Crippen molar-refractivity contribution in [3.8, 4) is 6.07 Å². The van der Waals surface area contributed by atoms with Gasteiger partial charge in [0.2, 0.25) is 11.5 Å². The SMILES string of the molecule is CC(C)CC[n+]1c(N)c(C#N)cc2c(=O)n3ccccc3nc21. The largest absolute Gasteiger partial charge is 0.317 e. The van der Waals surface area contributed by atoms with Gasteiger partial charge in [-0.15, -0.1) is 0 Å². The minimum atomic E-state index is -0.194. The van der Waals surface area contributed by atoms with E-state index < -0.39 is 0 Å². The molecule has 3 aromatic heterocycles. The molecule has 0 saturated heterocycles. The average molecular weight is 308 g/mol. The molecule has 0 aromatic carbocycles. The Labute approximate surface area is 133 Å². The number of rotatable bonds is 3. The fourth-order valence-electron chi connectivity index (χ4n) is 2.60. The summed E-state index contributed by atoms with van der Waals surface area (Å²) in [6.07, 6.45) is 2.56. The molecule has 0 unspecified atom stereocenters. The maximum atomic E-state index is 12.7. The van der Waals surface area contributed by atoms with Crippen LogP contribution < -0.4 is 15.9 Å². The third kappa shape index (κ3) is 2.50. The van der Waals surface area contributed by atoms with Crippen molar-refractivity contribution in [2.24, 2.45) is 5.92 Å². The fourth-order valence-corrected chi connectivity index (χ4v) is 2.60. The lowest BCUT2D eigenvalue weighted by Crippen LogP contribution is -2.41. The molecule has 0 aliphatic carbocycles. The van der Waals surface area contributed by atoms with Crippen LogP contribution >= 0.6 is 0 Å². The lowest BCUT2D eigenvalue weighted by molar-refractivity contribution is -0.660. The summed E-state index contributed by atoms with van der Waals surface area (Å²) in [5.41, 5.74) is 7.33. The molecule has 6 nitrogen and oxygen atoms in total. The van der Waals surface area contributed by atoms with Crippen molar-refractivity contribution in [3.05, 3.63) is 46.4 Å². The number of pyridine rings is 2. The van der Waals surface area contributed by atoms with Crippen LogP contribution in [0.25, 0.3) is 16.7 Å². The molecular weight excluding hydrogens is 290 g/mol. The number of nitrogens with two attached hydrogens (primary N) is 1. The van der Waals surface area contributed by atoms with Gasteiger partial charge in [0.1, 0.15) is 17.0 Å². The number of fused-ring (bicyclic) bond motifs is 2. The Morgan fingerprint density at radius 1 is 1.43 bits per heavy atom. The zero-order chi connectivity index (χ0) is 16.6. The topological polar surface area (TPSA) is 88.1 Å². The van der Waals surface area contributed by atoms with E-state index in [1.54, 1.807) is 22.9 Å². The summed E-state index contributed by atoms with van der Waals surface area (Å²) in [7, 11) is 0. The highest BCUT2D eigenvalue weighted by Gasteiger charge is 2.20. The molecule has 23 heavy (non-hydrogen) atoms. The van der Waals surface area contributed by atoms with Gasteiger partial charge in [-0.1, -0.05) is 24.9 Å². The van der Waals surface area contributed by atoms with Gasteiger partial charge >= 0.3 is 0 Å². The second-order valence-electron chi connectivity index (χ2n) is 5.97. The molecule has 0 saturated carbocycles. The molecule has 0 atom stereocenters. The van der Waals surface area contributed by atoms with Gasteiger partial charge in [-0.3, -0.25) is 9.20 Å². The van der Waals surface area contributed by atoms with Gasteiger partial charge < -0.3 is 5.73 Å². The monoisotopic (exact) mass is 308 g/mol. The van der Waals surface area contributed by atoms with Crippen molar-refractivity contribution in [1.29, 1.82) is 5.26 Å². The van der Waals surface area contributed by atoms with Crippen LogP contribution in [-0.2, 0) is 6.54 Å². The molecule has 0 fully saturated rings. The number of hydrogen-bond acceptors (Lipinski definition) is 4. The van der Waals surface area contributed by atoms with Gasteiger partial charge in [-0.25, -0.2) is 4.57 Å². The van der Waals surface area contributed by atoms with Crippen molar-refractivity contribution in [3.63, 3.8) is 0 Å². The average Bonchev–Trinajstić information content (AvgIpc) is 2.54. The molecule has 0 aliphatic rings. The van der Waals surface area contributed by atoms with Crippen LogP contribution in [0.4, 0.5) is 5.82 Å². The van der Waals surface area contributed by atoms with Crippen LogP contribution in [0.3, 0.4) is 0 Å². The van der Waals surface area contributed by atoms with E-state index in [4.69, 9.17) is 5.73 Å². The number of aromatic nitrogens is 3. The molecule has 116 valence electrons. The van der Waals surface area contributed by atoms with E-state index in [2.05, 4.69) is 24.9 Å². The van der Waals surface area contributed by atoms with E-state index in [9.17, 15) is 10.1 Å². The van der Waals surface area contributed by atoms with Gasteiger partial charge in [0.05, 0.1) is 6.54 Å². The van der Waals surface area contributed by atoms with Gasteiger partial charge in [0.25, 0.3) is 11.2 Å². The maximum absolute atomic E-state index is 12.7. The highest BCUT2D eigenvalue weighted by atomic mass is 16.1. The third-order valence-corrected chi connectivity index (χ3v) is 3.91. The van der Waals surface area contributed by atoms with Crippen LogP contribution in [0.2, 0.25) is 0 Å². The van der Waals surface area contributed by atoms with Crippen molar-refractivity contribution >= 4 is 22.5 Å². The predicted molar refractivity (Wildman–Crippen MR) is 87.7 cm³/mol. The van der Waals surface area contributed by atoms with Gasteiger partial charge in [-0.05, 0) is 30.5 Å². The lowest BCUT2D eigenvalue weighted by Gasteiger charge is -2.10. The standard InChI is InChI=1S/C17H17N5O/c1-11(2)6-8-22-15(19)12(10-18)9-13-16(22)20-14-5-3-4-7-21(14)17(13)23/h3-5,7,9,11,19H,6,8H2,1-2H3/p+1. The van der Waals surface area contributed by atoms with Crippen LogP contribution in [-0.4, -0.2) is 9.38 Å². The van der Waals surface area contributed by atoms with E-state index in [1.807, 2.05) is 6.07 Å². The molecule has 0 amide bonds. The fraction of sp³-hybridized carbons (Fsp3) is 0.294. The summed E-state index contributed by atoms with van der Waals surface area (Å²) in [6, 6.07) is 8.99. The second kappa shape index (κ2) is 5.69. The number of nitrogens with zero attached hydrogens (tertiary/aromatic N) is 4. The Morgan fingerprint density at radius 3 is 2.91 bits per heavy atom. The van der Waals surface area contributed by atoms with E-state index in [0.29, 0.717) is 40.5 Å². The van der Waals surface area contributed by atoms with Gasteiger partial charge in [0.15, 0.2) is 0 Å². The van der Waals surface area contributed by atoms with Gasteiger partial charge in [-0.2, -0.15) is 5.26 Å².